The monoisotopic (exact) mass is 284 g/mol. The topological polar surface area (TPSA) is 49.4 Å². The Balaban J connectivity index is 1.98. The fourth-order valence-corrected chi connectivity index (χ4v) is 3.35. The number of thioether (sulfide) groups is 1. The van der Waals surface area contributed by atoms with Crippen molar-refractivity contribution >= 4 is 23.6 Å². The van der Waals surface area contributed by atoms with Crippen LogP contribution in [0.2, 0.25) is 0 Å². The summed E-state index contributed by atoms with van der Waals surface area (Å²) in [5.74, 6) is 2.69. The van der Waals surface area contributed by atoms with Gasteiger partial charge in [-0.3, -0.25) is 9.59 Å². The van der Waals surface area contributed by atoms with E-state index in [0.717, 1.165) is 37.3 Å². The quantitative estimate of drug-likeness (QED) is 0.755. The third-order valence-corrected chi connectivity index (χ3v) is 5.04. The zero-order valence-electron chi connectivity index (χ0n) is 11.9. The second-order valence-electron chi connectivity index (χ2n) is 5.62. The molecule has 2 aliphatic rings. The van der Waals surface area contributed by atoms with Crippen LogP contribution in [0.3, 0.4) is 0 Å². The highest BCUT2D eigenvalue weighted by atomic mass is 32.2. The Hall–Kier alpha value is -0.710. The molecule has 2 fully saturated rings. The highest BCUT2D eigenvalue weighted by molar-refractivity contribution is 7.99. The van der Waals surface area contributed by atoms with Crippen molar-refractivity contribution in [2.45, 2.75) is 45.1 Å². The average Bonchev–Trinajstić information content (AvgIpc) is 3.20. The van der Waals surface area contributed by atoms with Gasteiger partial charge in [0.05, 0.1) is 0 Å². The largest absolute Gasteiger partial charge is 0.342 e. The van der Waals surface area contributed by atoms with Gasteiger partial charge in [-0.2, -0.15) is 11.8 Å². The summed E-state index contributed by atoms with van der Waals surface area (Å²) in [5, 5.41) is 2.96. The zero-order chi connectivity index (χ0) is 13.9. The van der Waals surface area contributed by atoms with Crippen LogP contribution in [0.25, 0.3) is 0 Å². The lowest BCUT2D eigenvalue weighted by molar-refractivity contribution is -0.139. The summed E-state index contributed by atoms with van der Waals surface area (Å²) in [6.07, 6.45) is 3.57. The van der Waals surface area contributed by atoms with E-state index < -0.39 is 5.54 Å². The fourth-order valence-electron chi connectivity index (χ4n) is 2.72. The maximum absolute atomic E-state index is 12.7. The van der Waals surface area contributed by atoms with Crippen LogP contribution in [0, 0.1) is 5.92 Å². The summed E-state index contributed by atoms with van der Waals surface area (Å²) >= 11 is 1.90. The molecule has 1 aliphatic heterocycles. The number of nitrogens with zero attached hydrogens (tertiary/aromatic N) is 1. The van der Waals surface area contributed by atoms with Crippen molar-refractivity contribution in [3.63, 3.8) is 0 Å². The summed E-state index contributed by atoms with van der Waals surface area (Å²) in [6, 6.07) is 0. The maximum Gasteiger partial charge on any atom is 0.248 e. The van der Waals surface area contributed by atoms with Gasteiger partial charge in [0, 0.05) is 19.5 Å². The first kappa shape index (κ1) is 14.7. The third kappa shape index (κ3) is 3.44. The second kappa shape index (κ2) is 6.16. The van der Waals surface area contributed by atoms with E-state index in [2.05, 4.69) is 12.2 Å². The normalized spacial score (nSPS) is 28.2. The molecule has 1 aliphatic carbocycles. The molecule has 0 radical (unpaired) electrons. The Morgan fingerprint density at radius 2 is 2.16 bits per heavy atom. The summed E-state index contributed by atoms with van der Waals surface area (Å²) < 4.78 is 0. The van der Waals surface area contributed by atoms with Crippen LogP contribution in [0.15, 0.2) is 0 Å². The van der Waals surface area contributed by atoms with E-state index in [0.29, 0.717) is 18.9 Å². The van der Waals surface area contributed by atoms with Crippen molar-refractivity contribution in [1.82, 2.24) is 10.2 Å². The zero-order valence-corrected chi connectivity index (χ0v) is 12.7. The van der Waals surface area contributed by atoms with Gasteiger partial charge in [0.1, 0.15) is 5.54 Å². The first-order chi connectivity index (χ1) is 9.08. The minimum Gasteiger partial charge on any atom is -0.342 e. The molecule has 1 unspecified atom stereocenters. The van der Waals surface area contributed by atoms with E-state index in [9.17, 15) is 9.59 Å². The van der Waals surface area contributed by atoms with Crippen molar-refractivity contribution in [1.29, 1.82) is 0 Å². The number of hydrogen-bond donors (Lipinski definition) is 1. The van der Waals surface area contributed by atoms with Crippen molar-refractivity contribution in [2.24, 2.45) is 5.92 Å². The van der Waals surface area contributed by atoms with E-state index in [1.807, 2.05) is 23.6 Å². The number of carbonyl (C=O) groups excluding carboxylic acids is 2. The number of rotatable bonds is 6. The van der Waals surface area contributed by atoms with Crippen LogP contribution >= 0.6 is 11.8 Å². The van der Waals surface area contributed by atoms with Crippen molar-refractivity contribution in [3.05, 3.63) is 0 Å². The van der Waals surface area contributed by atoms with Gasteiger partial charge in [0.15, 0.2) is 0 Å². The van der Waals surface area contributed by atoms with E-state index in [1.165, 1.54) is 0 Å². The fraction of sp³-hybridized carbons (Fsp3) is 0.857. The predicted molar refractivity (Wildman–Crippen MR) is 78.1 cm³/mol. The van der Waals surface area contributed by atoms with Gasteiger partial charge < -0.3 is 10.2 Å². The van der Waals surface area contributed by atoms with Crippen LogP contribution in [-0.4, -0.2) is 46.8 Å². The second-order valence-corrected chi connectivity index (χ2v) is 7.01. The molecule has 2 rings (SSSR count). The minimum atomic E-state index is -0.647. The first-order valence-corrected chi connectivity index (χ1v) is 8.41. The van der Waals surface area contributed by atoms with E-state index in [1.54, 1.807) is 0 Å². The standard InChI is InChI=1S/C14H24N2O2S/c1-3-19-10-4-8-16-9-7-12(17)15-14(2,13(16)18)11-5-6-11/h11H,3-10H2,1-2H3,(H,15,17). The Kier molecular flexibility index (Phi) is 4.76. The SMILES string of the molecule is CCSCCCN1CCC(=O)NC(C)(C2CC2)C1=O. The summed E-state index contributed by atoms with van der Waals surface area (Å²) in [5.41, 5.74) is -0.647. The third-order valence-electron chi connectivity index (χ3n) is 4.05. The summed E-state index contributed by atoms with van der Waals surface area (Å²) in [7, 11) is 0. The highest BCUT2D eigenvalue weighted by Gasteiger charge is 2.50. The highest BCUT2D eigenvalue weighted by Crippen LogP contribution is 2.41. The Bertz CT molecular complexity index is 357. The molecule has 0 bridgehead atoms. The summed E-state index contributed by atoms with van der Waals surface area (Å²) in [4.78, 5) is 26.4. The number of carbonyl (C=O) groups is 2. The van der Waals surface area contributed by atoms with Crippen LogP contribution in [0.4, 0.5) is 0 Å². The Labute approximate surface area is 119 Å². The molecule has 19 heavy (non-hydrogen) atoms. The molecule has 108 valence electrons. The minimum absolute atomic E-state index is 0.0215. The molecular weight excluding hydrogens is 260 g/mol. The lowest BCUT2D eigenvalue weighted by atomic mass is 9.94. The maximum atomic E-state index is 12.7. The van der Waals surface area contributed by atoms with Crippen LogP contribution < -0.4 is 5.32 Å². The summed E-state index contributed by atoms with van der Waals surface area (Å²) in [6.45, 7) is 5.41. The molecule has 1 heterocycles. The van der Waals surface area contributed by atoms with Gasteiger partial charge in [-0.05, 0) is 43.6 Å². The Morgan fingerprint density at radius 1 is 1.42 bits per heavy atom. The van der Waals surface area contributed by atoms with E-state index >= 15 is 0 Å². The Morgan fingerprint density at radius 3 is 2.79 bits per heavy atom. The molecule has 1 atom stereocenters. The van der Waals surface area contributed by atoms with E-state index in [-0.39, 0.29) is 11.8 Å². The molecule has 0 aromatic rings. The molecule has 5 heteroatoms. The van der Waals surface area contributed by atoms with Crippen LogP contribution in [0.5, 0.6) is 0 Å². The van der Waals surface area contributed by atoms with Crippen molar-refractivity contribution < 1.29 is 9.59 Å². The molecular formula is C14H24N2O2S. The van der Waals surface area contributed by atoms with Gasteiger partial charge >= 0.3 is 0 Å². The number of hydrogen-bond acceptors (Lipinski definition) is 3. The molecule has 1 saturated heterocycles. The van der Waals surface area contributed by atoms with Crippen LogP contribution in [-0.2, 0) is 9.59 Å². The van der Waals surface area contributed by atoms with Gasteiger partial charge in [0.2, 0.25) is 11.8 Å². The predicted octanol–water partition coefficient (Wildman–Crippen LogP) is 1.65. The van der Waals surface area contributed by atoms with Crippen LogP contribution in [0.1, 0.15) is 39.5 Å². The van der Waals surface area contributed by atoms with Gasteiger partial charge in [-0.1, -0.05) is 6.92 Å². The average molecular weight is 284 g/mol. The number of nitrogens with one attached hydrogen (secondary N) is 1. The lowest BCUT2D eigenvalue weighted by Crippen LogP contribution is -2.56. The smallest absolute Gasteiger partial charge is 0.248 e. The number of amides is 2. The molecule has 0 aromatic heterocycles. The van der Waals surface area contributed by atoms with Crippen molar-refractivity contribution in [2.75, 3.05) is 24.6 Å². The lowest BCUT2D eigenvalue weighted by Gasteiger charge is -2.32. The van der Waals surface area contributed by atoms with Gasteiger partial charge in [-0.25, -0.2) is 0 Å². The van der Waals surface area contributed by atoms with E-state index in [4.69, 9.17) is 0 Å². The van der Waals surface area contributed by atoms with Crippen molar-refractivity contribution in [3.8, 4) is 0 Å². The molecule has 2 amide bonds. The van der Waals surface area contributed by atoms with Gasteiger partial charge in [-0.15, -0.1) is 0 Å². The molecule has 1 N–H and O–H groups in total. The molecule has 0 aromatic carbocycles. The molecule has 0 spiro atoms. The first-order valence-electron chi connectivity index (χ1n) is 7.26. The van der Waals surface area contributed by atoms with Gasteiger partial charge in [0.25, 0.3) is 0 Å². The molecule has 1 saturated carbocycles. The molecule has 4 nitrogen and oxygen atoms in total.